The summed E-state index contributed by atoms with van der Waals surface area (Å²) in [5.74, 6) is 1.36. The maximum absolute atomic E-state index is 13.5. The van der Waals surface area contributed by atoms with Gasteiger partial charge in [-0.05, 0) is 48.4 Å². The molecule has 2 aliphatic heterocycles. The number of hydrogen-bond acceptors (Lipinski definition) is 6. The highest BCUT2D eigenvalue weighted by Crippen LogP contribution is 2.34. The molecule has 0 aliphatic carbocycles. The van der Waals surface area contributed by atoms with Gasteiger partial charge in [-0.3, -0.25) is 9.59 Å². The van der Waals surface area contributed by atoms with Crippen molar-refractivity contribution in [3.8, 4) is 11.5 Å². The molecule has 0 radical (unpaired) electrons. The van der Waals surface area contributed by atoms with E-state index in [1.54, 1.807) is 23.3 Å². The maximum Gasteiger partial charge on any atom is 0.242 e. The van der Waals surface area contributed by atoms with Crippen LogP contribution in [0.3, 0.4) is 0 Å². The number of benzene rings is 1. The van der Waals surface area contributed by atoms with Gasteiger partial charge in [0.2, 0.25) is 11.8 Å². The van der Waals surface area contributed by atoms with Crippen molar-refractivity contribution in [3.05, 3.63) is 46.2 Å². The van der Waals surface area contributed by atoms with Crippen LogP contribution in [0.4, 0.5) is 0 Å². The van der Waals surface area contributed by atoms with Crippen LogP contribution in [0.15, 0.2) is 35.7 Å². The van der Waals surface area contributed by atoms with Gasteiger partial charge in [-0.1, -0.05) is 13.0 Å². The normalized spacial score (nSPS) is 19.8. The standard InChI is InChI=1S/C25H32N2O5S/c1-3-24(28)26(15-20-8-5-12-31-20)16-25(29)27-11-9-23-21(10-13-33-23)22(27)17-32-19-7-4-6-18(14-19)30-2/h4,6-7,10,13-14,20,22H,3,5,8-9,11-12,15-17H2,1-2H3/t20-,22+/m1/s1. The lowest BCUT2D eigenvalue weighted by atomic mass is 10.0. The van der Waals surface area contributed by atoms with Crippen LogP contribution in [0.25, 0.3) is 0 Å². The van der Waals surface area contributed by atoms with Gasteiger partial charge < -0.3 is 24.0 Å². The van der Waals surface area contributed by atoms with E-state index in [1.165, 1.54) is 4.88 Å². The second-order valence-corrected chi connectivity index (χ2v) is 9.41. The molecule has 0 spiro atoms. The summed E-state index contributed by atoms with van der Waals surface area (Å²) in [5, 5.41) is 2.07. The van der Waals surface area contributed by atoms with Crippen molar-refractivity contribution < 1.29 is 23.8 Å². The van der Waals surface area contributed by atoms with Crippen LogP contribution >= 0.6 is 11.3 Å². The summed E-state index contributed by atoms with van der Waals surface area (Å²) in [6.07, 6.45) is 3.15. The summed E-state index contributed by atoms with van der Waals surface area (Å²) < 4.78 is 17.1. The molecule has 0 saturated carbocycles. The number of thiophene rings is 1. The van der Waals surface area contributed by atoms with E-state index in [0.717, 1.165) is 37.2 Å². The highest BCUT2D eigenvalue weighted by atomic mass is 32.1. The van der Waals surface area contributed by atoms with Gasteiger partial charge in [0.1, 0.15) is 18.1 Å². The van der Waals surface area contributed by atoms with Crippen LogP contribution in [0.2, 0.25) is 0 Å². The lowest BCUT2D eigenvalue weighted by molar-refractivity contribution is -0.143. The monoisotopic (exact) mass is 472 g/mol. The molecule has 1 saturated heterocycles. The maximum atomic E-state index is 13.5. The van der Waals surface area contributed by atoms with Gasteiger partial charge in [-0.2, -0.15) is 0 Å². The number of carbonyl (C=O) groups excluding carboxylic acids is 2. The van der Waals surface area contributed by atoms with Crippen molar-refractivity contribution in [2.24, 2.45) is 0 Å². The highest BCUT2D eigenvalue weighted by molar-refractivity contribution is 7.10. The number of methoxy groups -OCH3 is 1. The second-order valence-electron chi connectivity index (χ2n) is 8.40. The van der Waals surface area contributed by atoms with E-state index in [9.17, 15) is 9.59 Å². The number of rotatable bonds is 9. The molecule has 8 heteroatoms. The smallest absolute Gasteiger partial charge is 0.242 e. The predicted molar refractivity (Wildman–Crippen MR) is 127 cm³/mol. The molecule has 2 aromatic rings. The van der Waals surface area contributed by atoms with Crippen molar-refractivity contribution in [1.82, 2.24) is 9.80 Å². The van der Waals surface area contributed by atoms with Crippen molar-refractivity contribution in [2.75, 3.05) is 40.0 Å². The number of hydrogen-bond donors (Lipinski definition) is 0. The molecule has 7 nitrogen and oxygen atoms in total. The summed E-state index contributed by atoms with van der Waals surface area (Å²) in [5.41, 5.74) is 1.13. The van der Waals surface area contributed by atoms with Gasteiger partial charge in [0.25, 0.3) is 0 Å². The van der Waals surface area contributed by atoms with Crippen molar-refractivity contribution in [2.45, 2.75) is 44.8 Å². The second kappa shape index (κ2) is 11.0. The van der Waals surface area contributed by atoms with Crippen LogP contribution < -0.4 is 9.47 Å². The molecule has 1 aromatic carbocycles. The Labute approximate surface area is 199 Å². The summed E-state index contributed by atoms with van der Waals surface area (Å²) >= 11 is 1.72. The first-order valence-corrected chi connectivity index (χ1v) is 12.5. The third-order valence-electron chi connectivity index (χ3n) is 6.29. The third kappa shape index (κ3) is 5.68. The zero-order chi connectivity index (χ0) is 23.2. The van der Waals surface area contributed by atoms with Crippen molar-refractivity contribution in [3.63, 3.8) is 0 Å². The number of ether oxygens (including phenoxy) is 3. The predicted octanol–water partition coefficient (Wildman–Crippen LogP) is 3.68. The summed E-state index contributed by atoms with van der Waals surface area (Å²) in [4.78, 5) is 30.9. The minimum absolute atomic E-state index is 0.0173. The Morgan fingerprint density at radius 1 is 1.27 bits per heavy atom. The Kier molecular flexibility index (Phi) is 7.88. The van der Waals surface area contributed by atoms with Crippen LogP contribution in [0.1, 0.15) is 42.7 Å². The topological polar surface area (TPSA) is 68.3 Å². The molecule has 4 rings (SSSR count). The molecule has 33 heavy (non-hydrogen) atoms. The average molecular weight is 473 g/mol. The fourth-order valence-corrected chi connectivity index (χ4v) is 5.44. The Balaban J connectivity index is 1.48. The molecular weight excluding hydrogens is 440 g/mol. The Morgan fingerprint density at radius 3 is 2.88 bits per heavy atom. The molecule has 178 valence electrons. The SMILES string of the molecule is CCC(=O)N(CC(=O)N1CCc2sccc2[C@@H]1COc1cccc(OC)c1)C[C@H]1CCCO1. The van der Waals surface area contributed by atoms with E-state index in [4.69, 9.17) is 14.2 Å². The van der Waals surface area contributed by atoms with Crippen LogP contribution in [0, 0.1) is 0 Å². The molecule has 0 unspecified atom stereocenters. The van der Waals surface area contributed by atoms with Gasteiger partial charge in [0.05, 0.1) is 25.8 Å². The lowest BCUT2D eigenvalue weighted by Gasteiger charge is -2.37. The minimum Gasteiger partial charge on any atom is -0.497 e. The molecule has 1 fully saturated rings. The molecule has 2 aliphatic rings. The van der Waals surface area contributed by atoms with Gasteiger partial charge in [-0.25, -0.2) is 0 Å². The summed E-state index contributed by atoms with van der Waals surface area (Å²) in [7, 11) is 1.62. The summed E-state index contributed by atoms with van der Waals surface area (Å²) in [6, 6.07) is 9.36. The highest BCUT2D eigenvalue weighted by Gasteiger charge is 2.34. The first-order chi connectivity index (χ1) is 16.1. The molecule has 1 aromatic heterocycles. The number of nitrogens with zero attached hydrogens (tertiary/aromatic N) is 2. The molecular formula is C25H32N2O5S. The van der Waals surface area contributed by atoms with E-state index >= 15 is 0 Å². The van der Waals surface area contributed by atoms with E-state index in [0.29, 0.717) is 31.9 Å². The van der Waals surface area contributed by atoms with Crippen molar-refractivity contribution in [1.29, 1.82) is 0 Å². The Morgan fingerprint density at radius 2 is 2.12 bits per heavy atom. The first-order valence-electron chi connectivity index (χ1n) is 11.6. The summed E-state index contributed by atoms with van der Waals surface area (Å²) in [6.45, 7) is 4.06. The van der Waals surface area contributed by atoms with E-state index in [1.807, 2.05) is 36.1 Å². The van der Waals surface area contributed by atoms with Crippen LogP contribution in [-0.4, -0.2) is 67.7 Å². The minimum atomic E-state index is -0.194. The van der Waals surface area contributed by atoms with Crippen molar-refractivity contribution >= 4 is 23.2 Å². The zero-order valence-electron chi connectivity index (χ0n) is 19.3. The van der Waals surface area contributed by atoms with Gasteiger partial charge >= 0.3 is 0 Å². The number of carbonyl (C=O) groups is 2. The van der Waals surface area contributed by atoms with Gasteiger partial charge in [0.15, 0.2) is 0 Å². The van der Waals surface area contributed by atoms with E-state index < -0.39 is 0 Å². The third-order valence-corrected chi connectivity index (χ3v) is 7.29. The number of amides is 2. The lowest BCUT2D eigenvalue weighted by Crippen LogP contribution is -2.49. The first kappa shape index (κ1) is 23.6. The molecule has 2 amide bonds. The van der Waals surface area contributed by atoms with Gasteiger partial charge in [0, 0.05) is 37.1 Å². The molecule has 0 bridgehead atoms. The Hall–Kier alpha value is -2.58. The zero-order valence-corrected chi connectivity index (χ0v) is 20.1. The van der Waals surface area contributed by atoms with Gasteiger partial charge in [-0.15, -0.1) is 11.3 Å². The van der Waals surface area contributed by atoms with Crippen LogP contribution in [-0.2, 0) is 20.7 Å². The quantitative estimate of drug-likeness (QED) is 0.557. The van der Waals surface area contributed by atoms with Crippen LogP contribution in [0.5, 0.6) is 11.5 Å². The molecule has 0 N–H and O–H groups in total. The largest absolute Gasteiger partial charge is 0.497 e. The fourth-order valence-electron chi connectivity index (χ4n) is 4.51. The fraction of sp³-hybridized carbons (Fsp3) is 0.520. The number of fused-ring (bicyclic) bond motifs is 1. The average Bonchev–Trinajstić information content (AvgIpc) is 3.53. The molecule has 3 heterocycles. The van der Waals surface area contributed by atoms with E-state index in [-0.39, 0.29) is 30.5 Å². The Bertz CT molecular complexity index is 956. The van der Waals surface area contributed by atoms with E-state index in [2.05, 4.69) is 11.4 Å². The molecule has 2 atom stereocenters.